The molecule has 1 atom stereocenters. The van der Waals surface area contributed by atoms with E-state index in [0.717, 1.165) is 59.0 Å². The molecule has 0 amide bonds. The minimum Gasteiger partial charge on any atom is -0.380 e. The molecule has 1 N–H and O–H groups in total. The van der Waals surface area contributed by atoms with Crippen LogP contribution in [0.5, 0.6) is 0 Å². The number of rotatable bonds is 10. The Balaban J connectivity index is 2.03. The molecule has 0 radical (unpaired) electrons. The minimum absolute atomic E-state index is 0.327. The van der Waals surface area contributed by atoms with E-state index >= 15 is 0 Å². The summed E-state index contributed by atoms with van der Waals surface area (Å²) in [6.07, 6.45) is 2.72. The quantitative estimate of drug-likeness (QED) is 0.629. The van der Waals surface area contributed by atoms with Crippen molar-refractivity contribution in [1.29, 1.82) is 0 Å². The molecule has 1 rings (SSSR count). The lowest BCUT2D eigenvalue weighted by Gasteiger charge is -2.33. The standard InChI is InChI=1S/C18H38N2O2/c1-16(2)13-19-14-17-15-20(9-12-22-17)8-11-21-10-6-7-18(3,4)5/h16-17,19H,6-15H2,1-5H3/t17-/m1/s1. The molecule has 1 aliphatic heterocycles. The van der Waals surface area contributed by atoms with Gasteiger partial charge in [-0.2, -0.15) is 0 Å². The van der Waals surface area contributed by atoms with Crippen LogP contribution in [-0.2, 0) is 9.47 Å². The number of hydrogen-bond donors (Lipinski definition) is 1. The third-order valence-electron chi connectivity index (χ3n) is 3.91. The third kappa shape index (κ3) is 10.5. The van der Waals surface area contributed by atoms with Crippen molar-refractivity contribution in [2.75, 3.05) is 52.5 Å². The molecule has 0 aromatic carbocycles. The SMILES string of the molecule is CC(C)CNC[C@@H]1CN(CCOCCCC(C)(C)C)CCO1. The summed E-state index contributed by atoms with van der Waals surface area (Å²) in [4.78, 5) is 2.47. The Labute approximate surface area is 137 Å². The van der Waals surface area contributed by atoms with Crippen LogP contribution in [0.25, 0.3) is 0 Å². The molecular formula is C18H38N2O2. The highest BCUT2D eigenvalue weighted by Crippen LogP contribution is 2.20. The van der Waals surface area contributed by atoms with E-state index in [1.165, 1.54) is 6.42 Å². The van der Waals surface area contributed by atoms with Crippen LogP contribution in [0.1, 0.15) is 47.5 Å². The average molecular weight is 315 g/mol. The minimum atomic E-state index is 0.327. The van der Waals surface area contributed by atoms with Crippen molar-refractivity contribution in [3.05, 3.63) is 0 Å². The smallest absolute Gasteiger partial charge is 0.0826 e. The van der Waals surface area contributed by atoms with Crippen LogP contribution in [0.2, 0.25) is 0 Å². The molecule has 0 aromatic heterocycles. The van der Waals surface area contributed by atoms with Gasteiger partial charge in [-0.15, -0.1) is 0 Å². The second kappa shape index (κ2) is 10.6. The van der Waals surface area contributed by atoms with Gasteiger partial charge in [0.1, 0.15) is 0 Å². The van der Waals surface area contributed by atoms with E-state index in [1.807, 2.05) is 0 Å². The molecule has 1 saturated heterocycles. The van der Waals surface area contributed by atoms with Crippen LogP contribution >= 0.6 is 0 Å². The van der Waals surface area contributed by atoms with E-state index < -0.39 is 0 Å². The van der Waals surface area contributed by atoms with Gasteiger partial charge in [-0.05, 0) is 30.7 Å². The van der Waals surface area contributed by atoms with Crippen molar-refractivity contribution in [3.63, 3.8) is 0 Å². The van der Waals surface area contributed by atoms with Gasteiger partial charge < -0.3 is 14.8 Å². The van der Waals surface area contributed by atoms with Gasteiger partial charge in [-0.3, -0.25) is 4.90 Å². The molecule has 0 bridgehead atoms. The lowest BCUT2D eigenvalue weighted by atomic mass is 9.91. The van der Waals surface area contributed by atoms with Crippen molar-refractivity contribution in [2.24, 2.45) is 11.3 Å². The molecule has 0 saturated carbocycles. The molecule has 0 aliphatic carbocycles. The maximum absolute atomic E-state index is 5.83. The highest BCUT2D eigenvalue weighted by Gasteiger charge is 2.19. The summed E-state index contributed by atoms with van der Waals surface area (Å²) < 4.78 is 11.6. The first-order valence-electron chi connectivity index (χ1n) is 8.99. The van der Waals surface area contributed by atoms with Crippen LogP contribution < -0.4 is 5.32 Å². The number of hydrogen-bond acceptors (Lipinski definition) is 4. The second-order valence-electron chi connectivity index (χ2n) is 8.12. The van der Waals surface area contributed by atoms with Gasteiger partial charge in [-0.25, -0.2) is 0 Å². The van der Waals surface area contributed by atoms with E-state index in [4.69, 9.17) is 9.47 Å². The fourth-order valence-electron chi connectivity index (χ4n) is 2.64. The lowest BCUT2D eigenvalue weighted by molar-refractivity contribution is -0.0352. The van der Waals surface area contributed by atoms with Crippen molar-refractivity contribution >= 4 is 0 Å². The second-order valence-corrected chi connectivity index (χ2v) is 8.12. The number of morpholine rings is 1. The van der Waals surface area contributed by atoms with Crippen molar-refractivity contribution in [1.82, 2.24) is 10.2 Å². The number of nitrogens with one attached hydrogen (secondary N) is 1. The lowest BCUT2D eigenvalue weighted by Crippen LogP contribution is -2.47. The topological polar surface area (TPSA) is 33.7 Å². The maximum atomic E-state index is 5.83. The Morgan fingerprint density at radius 3 is 2.73 bits per heavy atom. The van der Waals surface area contributed by atoms with E-state index in [1.54, 1.807) is 0 Å². The molecule has 132 valence electrons. The molecular weight excluding hydrogens is 276 g/mol. The van der Waals surface area contributed by atoms with Crippen LogP contribution in [0.15, 0.2) is 0 Å². The number of nitrogens with zero attached hydrogens (tertiary/aromatic N) is 1. The number of ether oxygens (including phenoxy) is 2. The highest BCUT2D eigenvalue weighted by atomic mass is 16.5. The Hall–Kier alpha value is -0.160. The zero-order valence-electron chi connectivity index (χ0n) is 15.5. The Morgan fingerprint density at radius 2 is 2.05 bits per heavy atom. The zero-order chi connectivity index (χ0) is 16.4. The molecule has 4 heteroatoms. The van der Waals surface area contributed by atoms with E-state index in [-0.39, 0.29) is 0 Å². The first-order valence-corrected chi connectivity index (χ1v) is 8.99. The van der Waals surface area contributed by atoms with Crippen molar-refractivity contribution in [2.45, 2.75) is 53.6 Å². The summed E-state index contributed by atoms with van der Waals surface area (Å²) in [7, 11) is 0. The van der Waals surface area contributed by atoms with Crippen LogP contribution in [0.4, 0.5) is 0 Å². The summed E-state index contributed by atoms with van der Waals surface area (Å²) in [5.41, 5.74) is 0.420. The van der Waals surface area contributed by atoms with Crippen molar-refractivity contribution in [3.8, 4) is 0 Å². The summed E-state index contributed by atoms with van der Waals surface area (Å²) >= 11 is 0. The Kier molecular flexibility index (Phi) is 9.57. The molecule has 4 nitrogen and oxygen atoms in total. The summed E-state index contributed by atoms with van der Waals surface area (Å²) in [5, 5.41) is 3.49. The zero-order valence-corrected chi connectivity index (χ0v) is 15.5. The fourth-order valence-corrected chi connectivity index (χ4v) is 2.64. The Morgan fingerprint density at radius 1 is 1.27 bits per heavy atom. The van der Waals surface area contributed by atoms with Gasteiger partial charge in [0.25, 0.3) is 0 Å². The van der Waals surface area contributed by atoms with Gasteiger partial charge in [-0.1, -0.05) is 34.6 Å². The maximum Gasteiger partial charge on any atom is 0.0826 e. The molecule has 1 fully saturated rings. The molecule has 1 heterocycles. The van der Waals surface area contributed by atoms with Crippen LogP contribution in [0, 0.1) is 11.3 Å². The largest absolute Gasteiger partial charge is 0.380 e. The van der Waals surface area contributed by atoms with Gasteiger partial charge in [0.2, 0.25) is 0 Å². The van der Waals surface area contributed by atoms with E-state index in [0.29, 0.717) is 17.4 Å². The van der Waals surface area contributed by atoms with Crippen LogP contribution in [-0.4, -0.2) is 63.5 Å². The van der Waals surface area contributed by atoms with Crippen molar-refractivity contribution < 1.29 is 9.47 Å². The fraction of sp³-hybridized carbons (Fsp3) is 1.00. The van der Waals surface area contributed by atoms with Gasteiger partial charge in [0.15, 0.2) is 0 Å². The Bertz CT molecular complexity index is 277. The normalized spacial score (nSPS) is 20.7. The average Bonchev–Trinajstić information content (AvgIpc) is 2.41. The summed E-state index contributed by atoms with van der Waals surface area (Å²) in [6.45, 7) is 19.0. The van der Waals surface area contributed by atoms with Crippen LogP contribution in [0.3, 0.4) is 0 Å². The molecule has 0 spiro atoms. The monoisotopic (exact) mass is 314 g/mol. The van der Waals surface area contributed by atoms with Gasteiger partial charge in [0.05, 0.1) is 19.3 Å². The first-order chi connectivity index (χ1) is 10.4. The summed E-state index contributed by atoms with van der Waals surface area (Å²) in [6, 6.07) is 0. The predicted molar refractivity (Wildman–Crippen MR) is 93.4 cm³/mol. The van der Waals surface area contributed by atoms with Gasteiger partial charge >= 0.3 is 0 Å². The molecule has 1 aliphatic rings. The van der Waals surface area contributed by atoms with E-state index in [9.17, 15) is 0 Å². The molecule has 22 heavy (non-hydrogen) atoms. The van der Waals surface area contributed by atoms with Gasteiger partial charge in [0, 0.05) is 32.8 Å². The summed E-state index contributed by atoms with van der Waals surface area (Å²) in [5.74, 6) is 0.696. The highest BCUT2D eigenvalue weighted by molar-refractivity contribution is 4.73. The predicted octanol–water partition coefficient (Wildman–Crippen LogP) is 2.78. The molecule has 0 aromatic rings. The molecule has 0 unspecified atom stereocenters. The first kappa shape index (κ1) is 19.9. The third-order valence-corrected chi connectivity index (χ3v) is 3.91. The van der Waals surface area contributed by atoms with E-state index in [2.05, 4.69) is 44.8 Å².